The summed E-state index contributed by atoms with van der Waals surface area (Å²) in [5, 5.41) is 6.56. The third-order valence-electron chi connectivity index (χ3n) is 3.63. The van der Waals surface area contributed by atoms with E-state index in [-0.39, 0.29) is 0 Å². The Labute approximate surface area is 137 Å². The van der Waals surface area contributed by atoms with E-state index in [0.717, 1.165) is 18.0 Å². The Hall–Kier alpha value is -0.830. The molecule has 0 saturated heterocycles. The van der Waals surface area contributed by atoms with E-state index in [1.54, 1.807) is 0 Å². The van der Waals surface area contributed by atoms with E-state index in [2.05, 4.69) is 48.8 Å². The molecule has 2 rings (SSSR count). The number of hydrogen-bond acceptors (Lipinski definition) is 2. The molecule has 1 aromatic carbocycles. The molecule has 0 aliphatic rings. The van der Waals surface area contributed by atoms with Gasteiger partial charge in [0.05, 0.1) is 0 Å². The lowest BCUT2D eigenvalue weighted by Gasteiger charge is -2.19. The van der Waals surface area contributed by atoms with E-state index in [1.807, 2.05) is 23.5 Å². The van der Waals surface area contributed by atoms with Crippen LogP contribution in [0.15, 0.2) is 41.8 Å². The minimum absolute atomic E-state index is 0.541. The topological polar surface area (TPSA) is 12.0 Å². The minimum atomic E-state index is 0.541. The molecule has 0 spiro atoms. The molecule has 114 valence electrons. The summed E-state index contributed by atoms with van der Waals surface area (Å²) in [6, 6.07) is 13.2. The summed E-state index contributed by atoms with van der Waals surface area (Å²) in [5.41, 5.74) is 1.38. The van der Waals surface area contributed by atoms with Crippen molar-refractivity contribution >= 4 is 22.9 Å². The van der Waals surface area contributed by atoms with Crippen molar-refractivity contribution in [1.82, 2.24) is 5.32 Å². The fourth-order valence-corrected chi connectivity index (χ4v) is 3.28. The summed E-state index contributed by atoms with van der Waals surface area (Å²) in [6.07, 6.45) is 3.51. The highest BCUT2D eigenvalue weighted by atomic mass is 35.5. The fraction of sp³-hybridized carbons (Fsp3) is 0.444. The molecule has 2 aromatic rings. The van der Waals surface area contributed by atoms with Gasteiger partial charge in [0.25, 0.3) is 0 Å². The predicted molar refractivity (Wildman–Crippen MR) is 94.4 cm³/mol. The Morgan fingerprint density at radius 1 is 1.14 bits per heavy atom. The SMILES string of the molecule is CC(C)NCC(CCc1cccs1)Cc1ccc(Cl)cc1. The van der Waals surface area contributed by atoms with E-state index < -0.39 is 0 Å². The van der Waals surface area contributed by atoms with Gasteiger partial charge in [-0.3, -0.25) is 0 Å². The maximum atomic E-state index is 5.97. The Morgan fingerprint density at radius 2 is 1.90 bits per heavy atom. The second-order valence-electron chi connectivity index (χ2n) is 5.88. The molecule has 1 nitrogen and oxygen atoms in total. The first-order valence-corrected chi connectivity index (χ1v) is 8.89. The number of aryl methyl sites for hydroxylation is 1. The second-order valence-corrected chi connectivity index (χ2v) is 7.35. The lowest BCUT2D eigenvalue weighted by Crippen LogP contribution is -2.30. The number of benzene rings is 1. The summed E-state index contributed by atoms with van der Waals surface area (Å²) in [7, 11) is 0. The second kappa shape index (κ2) is 8.57. The first-order chi connectivity index (χ1) is 10.1. The average Bonchev–Trinajstić information content (AvgIpc) is 2.97. The Balaban J connectivity index is 1.92. The predicted octanol–water partition coefficient (Wildman–Crippen LogP) is 5.19. The van der Waals surface area contributed by atoms with Crippen molar-refractivity contribution in [2.45, 2.75) is 39.2 Å². The highest BCUT2D eigenvalue weighted by molar-refractivity contribution is 7.09. The molecule has 0 saturated carbocycles. The lowest BCUT2D eigenvalue weighted by atomic mass is 9.94. The fourth-order valence-electron chi connectivity index (χ4n) is 2.43. The van der Waals surface area contributed by atoms with Crippen molar-refractivity contribution in [3.05, 3.63) is 57.2 Å². The molecular weight excluding hydrogens is 298 g/mol. The molecule has 3 heteroatoms. The maximum absolute atomic E-state index is 5.97. The normalized spacial score (nSPS) is 12.8. The van der Waals surface area contributed by atoms with Crippen molar-refractivity contribution in [2.75, 3.05) is 6.54 Å². The quantitative estimate of drug-likeness (QED) is 0.705. The first kappa shape index (κ1) is 16.5. The van der Waals surface area contributed by atoms with Crippen LogP contribution in [0, 0.1) is 5.92 Å². The third-order valence-corrected chi connectivity index (χ3v) is 4.82. The summed E-state index contributed by atoms with van der Waals surface area (Å²) in [6.45, 7) is 5.49. The van der Waals surface area contributed by atoms with E-state index in [4.69, 9.17) is 11.6 Å². The summed E-state index contributed by atoms with van der Waals surface area (Å²) >= 11 is 7.83. The van der Waals surface area contributed by atoms with Gasteiger partial charge in [-0.25, -0.2) is 0 Å². The van der Waals surface area contributed by atoms with Crippen molar-refractivity contribution < 1.29 is 0 Å². The van der Waals surface area contributed by atoms with Gasteiger partial charge in [0, 0.05) is 15.9 Å². The highest BCUT2D eigenvalue weighted by Gasteiger charge is 2.11. The minimum Gasteiger partial charge on any atom is -0.314 e. The number of rotatable bonds is 8. The van der Waals surface area contributed by atoms with Crippen LogP contribution in [-0.4, -0.2) is 12.6 Å². The van der Waals surface area contributed by atoms with Crippen molar-refractivity contribution in [3.8, 4) is 0 Å². The molecule has 1 aromatic heterocycles. The van der Waals surface area contributed by atoms with Gasteiger partial charge in [-0.1, -0.05) is 43.6 Å². The van der Waals surface area contributed by atoms with Crippen LogP contribution in [0.3, 0.4) is 0 Å². The van der Waals surface area contributed by atoms with Crippen LogP contribution in [-0.2, 0) is 12.8 Å². The molecule has 0 fully saturated rings. The molecular formula is C18H24ClNS. The van der Waals surface area contributed by atoms with Gasteiger partial charge in [-0.15, -0.1) is 11.3 Å². The smallest absolute Gasteiger partial charge is 0.0406 e. The molecule has 1 N–H and O–H groups in total. The first-order valence-electron chi connectivity index (χ1n) is 7.63. The molecule has 0 amide bonds. The molecule has 1 unspecified atom stereocenters. The van der Waals surface area contributed by atoms with Crippen LogP contribution in [0.4, 0.5) is 0 Å². The van der Waals surface area contributed by atoms with Crippen LogP contribution < -0.4 is 5.32 Å². The lowest BCUT2D eigenvalue weighted by molar-refractivity contribution is 0.423. The third kappa shape index (κ3) is 6.21. The zero-order chi connectivity index (χ0) is 15.1. The van der Waals surface area contributed by atoms with Crippen LogP contribution in [0.5, 0.6) is 0 Å². The van der Waals surface area contributed by atoms with Crippen LogP contribution in [0.1, 0.15) is 30.7 Å². The van der Waals surface area contributed by atoms with Gasteiger partial charge in [0.1, 0.15) is 0 Å². The van der Waals surface area contributed by atoms with Gasteiger partial charge in [0.15, 0.2) is 0 Å². The zero-order valence-corrected chi connectivity index (χ0v) is 14.4. The number of nitrogens with one attached hydrogen (secondary N) is 1. The molecule has 21 heavy (non-hydrogen) atoms. The number of thiophene rings is 1. The van der Waals surface area contributed by atoms with E-state index in [1.165, 1.54) is 23.3 Å². The number of halogens is 1. The molecule has 0 bridgehead atoms. The standard InChI is InChI=1S/C18H24ClNS/c1-14(2)20-13-16(7-10-18-4-3-11-21-18)12-15-5-8-17(19)9-6-15/h3-6,8-9,11,14,16,20H,7,10,12-13H2,1-2H3. The van der Waals surface area contributed by atoms with Gasteiger partial charge in [-0.2, -0.15) is 0 Å². The van der Waals surface area contributed by atoms with E-state index in [9.17, 15) is 0 Å². The van der Waals surface area contributed by atoms with Crippen LogP contribution >= 0.6 is 22.9 Å². The largest absolute Gasteiger partial charge is 0.314 e. The summed E-state index contributed by atoms with van der Waals surface area (Å²) < 4.78 is 0. The average molecular weight is 322 g/mol. The van der Waals surface area contributed by atoms with Crippen molar-refractivity contribution in [3.63, 3.8) is 0 Å². The molecule has 1 atom stereocenters. The monoisotopic (exact) mass is 321 g/mol. The Morgan fingerprint density at radius 3 is 2.52 bits per heavy atom. The van der Waals surface area contributed by atoms with Crippen molar-refractivity contribution in [2.24, 2.45) is 5.92 Å². The van der Waals surface area contributed by atoms with Gasteiger partial charge < -0.3 is 5.32 Å². The van der Waals surface area contributed by atoms with Crippen LogP contribution in [0.25, 0.3) is 0 Å². The molecule has 0 aliphatic carbocycles. The maximum Gasteiger partial charge on any atom is 0.0406 e. The van der Waals surface area contributed by atoms with E-state index >= 15 is 0 Å². The van der Waals surface area contributed by atoms with Gasteiger partial charge in [0.2, 0.25) is 0 Å². The highest BCUT2D eigenvalue weighted by Crippen LogP contribution is 2.19. The van der Waals surface area contributed by atoms with E-state index in [0.29, 0.717) is 12.0 Å². The summed E-state index contributed by atoms with van der Waals surface area (Å²) in [5.74, 6) is 0.663. The van der Waals surface area contributed by atoms with Crippen LogP contribution in [0.2, 0.25) is 5.02 Å². The molecule has 0 radical (unpaired) electrons. The Bertz CT molecular complexity index is 505. The summed E-state index contributed by atoms with van der Waals surface area (Å²) in [4.78, 5) is 1.49. The van der Waals surface area contributed by atoms with Crippen molar-refractivity contribution in [1.29, 1.82) is 0 Å². The van der Waals surface area contributed by atoms with Gasteiger partial charge in [-0.05, 0) is 60.9 Å². The zero-order valence-electron chi connectivity index (χ0n) is 12.8. The number of hydrogen-bond donors (Lipinski definition) is 1. The Kier molecular flexibility index (Phi) is 6.75. The molecule has 1 heterocycles. The van der Waals surface area contributed by atoms with Gasteiger partial charge >= 0.3 is 0 Å². The molecule has 0 aliphatic heterocycles.